The van der Waals surface area contributed by atoms with E-state index >= 15 is 0 Å². The Kier molecular flexibility index (Phi) is 4.35. The van der Waals surface area contributed by atoms with Crippen LogP contribution >= 0.6 is 11.6 Å². The van der Waals surface area contributed by atoms with Gasteiger partial charge in [0.2, 0.25) is 11.4 Å². The first kappa shape index (κ1) is 19.0. The highest BCUT2D eigenvalue weighted by Crippen LogP contribution is 2.38. The number of nitrogens with two attached hydrogens (primary N) is 2. The fraction of sp³-hybridized carbons (Fsp3) is 0.176. The monoisotopic (exact) mass is 422 g/mol. The molecular formula is C17H13ClF2N6O3. The Balaban J connectivity index is 2.10. The third kappa shape index (κ3) is 2.95. The van der Waals surface area contributed by atoms with E-state index in [9.17, 15) is 23.5 Å². The van der Waals surface area contributed by atoms with E-state index in [1.54, 1.807) is 4.90 Å². The van der Waals surface area contributed by atoms with Crippen LogP contribution in [0.2, 0.25) is 5.02 Å². The van der Waals surface area contributed by atoms with Crippen molar-refractivity contribution >= 4 is 40.0 Å². The molecule has 150 valence electrons. The third-order valence-electron chi connectivity index (χ3n) is 4.59. The number of carboxylic acids is 1. The molecule has 0 bridgehead atoms. The van der Waals surface area contributed by atoms with Crippen LogP contribution in [-0.2, 0) is 0 Å². The molecule has 1 saturated heterocycles. The first-order valence-corrected chi connectivity index (χ1v) is 8.66. The summed E-state index contributed by atoms with van der Waals surface area (Å²) in [7, 11) is 0. The molecule has 3 heterocycles. The van der Waals surface area contributed by atoms with Gasteiger partial charge in [-0.3, -0.25) is 9.36 Å². The zero-order valence-electron chi connectivity index (χ0n) is 14.6. The highest BCUT2D eigenvalue weighted by molar-refractivity contribution is 6.38. The van der Waals surface area contributed by atoms with Crippen LogP contribution in [0.3, 0.4) is 0 Å². The van der Waals surface area contributed by atoms with Crippen molar-refractivity contribution in [2.45, 2.75) is 6.04 Å². The summed E-state index contributed by atoms with van der Waals surface area (Å²) in [6.45, 7) is 0.694. The standard InChI is InChI=1S/C17H13ClF2N6O3/c18-11-12-7(1-9(19)13(11)25-3-6(21)4-25)14(27)8(16(28)29)5-26(12)17-23-2-10(20)15(22)24-17/h1-2,5-6H,3-4,21H2,(H,28,29)(H2,22,23,24). The van der Waals surface area contributed by atoms with Gasteiger partial charge in [-0.15, -0.1) is 0 Å². The number of pyridine rings is 1. The molecule has 0 radical (unpaired) electrons. The highest BCUT2D eigenvalue weighted by atomic mass is 35.5. The number of nitrogens with zero attached hydrogens (tertiary/aromatic N) is 4. The average molecular weight is 423 g/mol. The molecule has 0 amide bonds. The zero-order chi connectivity index (χ0) is 21.0. The topological polar surface area (TPSA) is 140 Å². The fourth-order valence-electron chi connectivity index (χ4n) is 3.19. The second kappa shape index (κ2) is 6.64. The molecule has 4 rings (SSSR count). The molecule has 5 N–H and O–H groups in total. The van der Waals surface area contributed by atoms with Crippen LogP contribution in [0, 0.1) is 11.6 Å². The lowest BCUT2D eigenvalue weighted by Gasteiger charge is -2.39. The number of benzene rings is 1. The summed E-state index contributed by atoms with van der Waals surface area (Å²) in [4.78, 5) is 33.3. The second-order valence-electron chi connectivity index (χ2n) is 6.53. The number of carboxylic acid groups (broad SMARTS) is 1. The number of aromatic nitrogens is 3. The van der Waals surface area contributed by atoms with Gasteiger partial charge in [0.05, 0.1) is 27.8 Å². The number of hydrogen-bond donors (Lipinski definition) is 3. The predicted molar refractivity (Wildman–Crippen MR) is 102 cm³/mol. The van der Waals surface area contributed by atoms with Gasteiger partial charge in [-0.1, -0.05) is 11.6 Å². The van der Waals surface area contributed by atoms with Crippen LogP contribution in [-0.4, -0.2) is 44.7 Å². The van der Waals surface area contributed by atoms with Crippen LogP contribution in [0.4, 0.5) is 20.3 Å². The Labute approximate surface area is 166 Å². The first-order chi connectivity index (χ1) is 13.7. The van der Waals surface area contributed by atoms with Gasteiger partial charge in [-0.05, 0) is 6.07 Å². The van der Waals surface area contributed by atoms with Crippen LogP contribution in [0.15, 0.2) is 23.3 Å². The van der Waals surface area contributed by atoms with E-state index < -0.39 is 34.4 Å². The van der Waals surface area contributed by atoms with Crippen molar-refractivity contribution in [3.8, 4) is 5.95 Å². The molecule has 0 unspecified atom stereocenters. The van der Waals surface area contributed by atoms with Crippen molar-refractivity contribution in [3.05, 3.63) is 50.9 Å². The van der Waals surface area contributed by atoms with Crippen molar-refractivity contribution in [3.63, 3.8) is 0 Å². The molecule has 2 aromatic heterocycles. The quantitative estimate of drug-likeness (QED) is 0.570. The molecule has 1 fully saturated rings. The van der Waals surface area contributed by atoms with E-state index in [2.05, 4.69) is 9.97 Å². The maximum absolute atomic E-state index is 14.8. The van der Waals surface area contributed by atoms with Crippen LogP contribution < -0.4 is 21.8 Å². The van der Waals surface area contributed by atoms with Gasteiger partial charge in [-0.2, -0.15) is 4.98 Å². The maximum Gasteiger partial charge on any atom is 0.341 e. The number of hydrogen-bond acceptors (Lipinski definition) is 7. The SMILES string of the molecule is Nc1nc(-n2cc(C(=O)O)c(=O)c3cc(F)c(N4CC(N)C4)c(Cl)c32)ncc1F. The average Bonchev–Trinajstić information content (AvgIpc) is 2.63. The smallest absolute Gasteiger partial charge is 0.341 e. The number of rotatable bonds is 3. The summed E-state index contributed by atoms with van der Waals surface area (Å²) in [5.74, 6) is -3.97. The van der Waals surface area contributed by atoms with Gasteiger partial charge in [0.25, 0.3) is 0 Å². The van der Waals surface area contributed by atoms with Gasteiger partial charge < -0.3 is 21.5 Å². The fourth-order valence-corrected chi connectivity index (χ4v) is 3.59. The Morgan fingerprint density at radius 2 is 2.00 bits per heavy atom. The van der Waals surface area contributed by atoms with E-state index in [1.165, 1.54) is 0 Å². The van der Waals surface area contributed by atoms with Crippen LogP contribution in [0.5, 0.6) is 0 Å². The van der Waals surface area contributed by atoms with E-state index in [1.807, 2.05) is 0 Å². The summed E-state index contributed by atoms with van der Waals surface area (Å²) >= 11 is 6.44. The lowest BCUT2D eigenvalue weighted by atomic mass is 10.1. The van der Waals surface area contributed by atoms with Crippen LogP contribution in [0.25, 0.3) is 16.9 Å². The Morgan fingerprint density at radius 3 is 2.59 bits per heavy atom. The van der Waals surface area contributed by atoms with Gasteiger partial charge in [0.1, 0.15) is 11.4 Å². The van der Waals surface area contributed by atoms with Crippen molar-refractivity contribution in [2.75, 3.05) is 23.7 Å². The summed E-state index contributed by atoms with van der Waals surface area (Å²) in [5, 5.41) is 8.91. The van der Waals surface area contributed by atoms with E-state index in [0.29, 0.717) is 13.1 Å². The van der Waals surface area contributed by atoms with Crippen molar-refractivity contribution in [1.82, 2.24) is 14.5 Å². The normalized spacial score (nSPS) is 14.3. The number of fused-ring (bicyclic) bond motifs is 1. The van der Waals surface area contributed by atoms with Gasteiger partial charge in [0, 0.05) is 25.3 Å². The summed E-state index contributed by atoms with van der Waals surface area (Å²) in [6.07, 6.45) is 1.73. The van der Waals surface area contributed by atoms with Crippen molar-refractivity contribution in [1.29, 1.82) is 0 Å². The van der Waals surface area contributed by atoms with Gasteiger partial charge >= 0.3 is 5.97 Å². The van der Waals surface area contributed by atoms with Gasteiger partial charge in [0.15, 0.2) is 11.6 Å². The Hall–Kier alpha value is -3.31. The molecule has 3 aromatic rings. The largest absolute Gasteiger partial charge is 0.477 e. The van der Waals surface area contributed by atoms with Crippen LogP contribution in [0.1, 0.15) is 10.4 Å². The summed E-state index contributed by atoms with van der Waals surface area (Å²) < 4.78 is 29.3. The molecular weight excluding hydrogens is 410 g/mol. The minimum absolute atomic E-state index is 0.00664. The molecule has 0 aliphatic carbocycles. The molecule has 1 aliphatic heterocycles. The molecule has 9 nitrogen and oxygen atoms in total. The molecule has 0 atom stereocenters. The number of halogens is 3. The van der Waals surface area contributed by atoms with Gasteiger partial charge in [-0.25, -0.2) is 18.6 Å². The maximum atomic E-state index is 14.8. The minimum Gasteiger partial charge on any atom is -0.477 e. The predicted octanol–water partition coefficient (Wildman–Crippen LogP) is 1.14. The summed E-state index contributed by atoms with van der Waals surface area (Å²) in [6, 6.07) is 0.747. The minimum atomic E-state index is -1.55. The molecule has 12 heteroatoms. The third-order valence-corrected chi connectivity index (χ3v) is 4.94. The molecule has 1 aromatic carbocycles. The van der Waals surface area contributed by atoms with E-state index in [4.69, 9.17) is 23.1 Å². The van der Waals surface area contributed by atoms with E-state index in [-0.39, 0.29) is 33.6 Å². The number of aromatic carboxylic acids is 1. The second-order valence-corrected chi connectivity index (χ2v) is 6.91. The van der Waals surface area contributed by atoms with Crippen molar-refractivity contribution in [2.24, 2.45) is 5.73 Å². The molecule has 0 saturated carbocycles. The van der Waals surface area contributed by atoms with Crippen molar-refractivity contribution < 1.29 is 18.7 Å². The highest BCUT2D eigenvalue weighted by Gasteiger charge is 2.30. The number of nitrogen functional groups attached to an aromatic ring is 1. The Morgan fingerprint density at radius 1 is 1.31 bits per heavy atom. The lowest BCUT2D eigenvalue weighted by molar-refractivity contribution is 0.0695. The molecule has 0 spiro atoms. The summed E-state index contributed by atoms with van der Waals surface area (Å²) in [5.41, 5.74) is 9.60. The first-order valence-electron chi connectivity index (χ1n) is 8.28. The lowest BCUT2D eigenvalue weighted by Crippen LogP contribution is -2.56. The number of anilines is 2. The zero-order valence-corrected chi connectivity index (χ0v) is 15.3. The molecule has 1 aliphatic rings. The van der Waals surface area contributed by atoms with E-state index in [0.717, 1.165) is 23.0 Å². The number of carbonyl (C=O) groups is 1. The molecule has 29 heavy (non-hydrogen) atoms. The Bertz CT molecular complexity index is 1240.